The number of aryl methyl sites for hydroxylation is 1. The Labute approximate surface area is 112 Å². The first kappa shape index (κ1) is 12.8. The van der Waals surface area contributed by atoms with Crippen LogP contribution in [0.3, 0.4) is 0 Å². The number of carbonyl (C=O) groups excluding carboxylic acids is 1. The maximum Gasteiger partial charge on any atom is 0.267 e. The Kier molecular flexibility index (Phi) is 3.78. The molecule has 1 amide bonds. The van der Waals surface area contributed by atoms with E-state index in [1.54, 1.807) is 12.3 Å². The molecule has 0 saturated carbocycles. The quantitative estimate of drug-likeness (QED) is 0.939. The molecule has 0 unspecified atom stereocenters. The van der Waals surface area contributed by atoms with Crippen LogP contribution in [0.5, 0.6) is 0 Å². The Morgan fingerprint density at radius 2 is 2.33 bits per heavy atom. The molecule has 1 N–H and O–H groups in total. The summed E-state index contributed by atoms with van der Waals surface area (Å²) >= 11 is 6.68. The number of nitrogens with one attached hydrogen (secondary N) is 1. The van der Waals surface area contributed by atoms with Crippen molar-refractivity contribution in [3.63, 3.8) is 0 Å². The minimum absolute atomic E-state index is 0.101. The molecule has 0 fully saturated rings. The third kappa shape index (κ3) is 2.77. The van der Waals surface area contributed by atoms with Gasteiger partial charge in [-0.2, -0.15) is 4.37 Å². The van der Waals surface area contributed by atoms with Gasteiger partial charge in [0.1, 0.15) is 10.0 Å². The second-order valence-corrected chi connectivity index (χ2v) is 4.70. The van der Waals surface area contributed by atoms with Gasteiger partial charge in [0.05, 0.1) is 5.69 Å². The highest BCUT2D eigenvalue weighted by Crippen LogP contribution is 2.16. The van der Waals surface area contributed by atoms with E-state index < -0.39 is 0 Å². The molecule has 2 rings (SSSR count). The maximum atomic E-state index is 11.8. The van der Waals surface area contributed by atoms with E-state index in [0.29, 0.717) is 22.3 Å². The molecule has 0 atom stereocenters. The van der Waals surface area contributed by atoms with Gasteiger partial charge >= 0.3 is 0 Å². The lowest BCUT2D eigenvalue weighted by molar-refractivity contribution is 0.103. The molecule has 0 aromatic carbocycles. The van der Waals surface area contributed by atoms with Gasteiger partial charge in [-0.15, -0.1) is 0 Å². The van der Waals surface area contributed by atoms with E-state index in [2.05, 4.69) is 9.69 Å². The van der Waals surface area contributed by atoms with Crippen LogP contribution in [0.15, 0.2) is 29.2 Å². The highest BCUT2D eigenvalue weighted by Gasteiger charge is 2.10. The molecule has 0 aliphatic heterocycles. The number of rotatable bonds is 3. The Morgan fingerprint density at radius 3 is 2.94 bits per heavy atom. The average molecular weight is 284 g/mol. The summed E-state index contributed by atoms with van der Waals surface area (Å²) in [5, 5.41) is 2.98. The molecule has 0 spiro atoms. The van der Waals surface area contributed by atoms with Crippen molar-refractivity contribution >= 4 is 34.7 Å². The van der Waals surface area contributed by atoms with Crippen molar-refractivity contribution in [3.8, 4) is 0 Å². The van der Waals surface area contributed by atoms with Gasteiger partial charge in [0.2, 0.25) is 0 Å². The largest absolute Gasteiger partial charge is 0.320 e. The molecule has 0 aliphatic carbocycles. The zero-order valence-corrected chi connectivity index (χ0v) is 11.1. The molecule has 2 aromatic heterocycles. The molecule has 94 valence electrons. The van der Waals surface area contributed by atoms with Crippen molar-refractivity contribution in [2.24, 2.45) is 0 Å². The van der Waals surface area contributed by atoms with Gasteiger partial charge in [-0.05, 0) is 24.5 Å². The summed E-state index contributed by atoms with van der Waals surface area (Å²) in [6.45, 7) is 2.41. The number of carbonyl (C=O) groups is 1. The van der Waals surface area contributed by atoms with E-state index in [9.17, 15) is 9.59 Å². The van der Waals surface area contributed by atoms with Gasteiger partial charge in [-0.3, -0.25) is 9.59 Å². The minimum Gasteiger partial charge on any atom is -0.320 e. The number of pyridine rings is 1. The molecular formula is C11H10ClN3O2S. The highest BCUT2D eigenvalue weighted by atomic mass is 35.5. The summed E-state index contributed by atoms with van der Waals surface area (Å²) in [4.78, 5) is 23.6. The first-order chi connectivity index (χ1) is 8.60. The van der Waals surface area contributed by atoms with E-state index in [1.165, 1.54) is 16.7 Å². The van der Waals surface area contributed by atoms with E-state index in [0.717, 1.165) is 11.5 Å². The predicted molar refractivity (Wildman–Crippen MR) is 71.5 cm³/mol. The Balaban J connectivity index is 2.19. The molecule has 2 heterocycles. The van der Waals surface area contributed by atoms with Crippen molar-refractivity contribution < 1.29 is 4.79 Å². The summed E-state index contributed by atoms with van der Waals surface area (Å²) in [5.41, 5.74) is 0.460. The number of hydrogen-bond acceptors (Lipinski definition) is 4. The van der Waals surface area contributed by atoms with Gasteiger partial charge in [0, 0.05) is 24.9 Å². The van der Waals surface area contributed by atoms with Gasteiger partial charge < -0.3 is 9.88 Å². The lowest BCUT2D eigenvalue weighted by atomic mass is 10.3. The normalized spacial score (nSPS) is 10.3. The molecule has 18 heavy (non-hydrogen) atoms. The minimum atomic E-state index is -0.291. The Hall–Kier alpha value is -1.66. The van der Waals surface area contributed by atoms with Gasteiger partial charge in [-0.1, -0.05) is 11.6 Å². The smallest absolute Gasteiger partial charge is 0.267 e. The predicted octanol–water partition coefficient (Wildman–Crippen LogP) is 2.23. The lowest BCUT2D eigenvalue weighted by Crippen LogP contribution is -2.19. The van der Waals surface area contributed by atoms with Crippen molar-refractivity contribution in [1.29, 1.82) is 0 Å². The zero-order chi connectivity index (χ0) is 13.1. The number of aromatic nitrogens is 2. The number of halogens is 1. The molecule has 0 saturated heterocycles. The zero-order valence-electron chi connectivity index (χ0n) is 9.51. The molecule has 0 radical (unpaired) electrons. The first-order valence-electron chi connectivity index (χ1n) is 5.24. The highest BCUT2D eigenvalue weighted by molar-refractivity contribution is 7.08. The second kappa shape index (κ2) is 5.32. The molecule has 2 aromatic rings. The maximum absolute atomic E-state index is 11.8. The van der Waals surface area contributed by atoms with Crippen LogP contribution < -0.4 is 10.9 Å². The van der Waals surface area contributed by atoms with Crippen LogP contribution in [0.2, 0.25) is 5.15 Å². The van der Waals surface area contributed by atoms with Crippen LogP contribution in [0.1, 0.15) is 16.6 Å². The van der Waals surface area contributed by atoms with Crippen LogP contribution in [0, 0.1) is 0 Å². The summed E-state index contributed by atoms with van der Waals surface area (Å²) < 4.78 is 5.33. The standard InChI is InChI=1S/C11H10ClN3O2S/c1-2-15-6-7(3-4-10(15)16)13-11(17)8-5-9(12)14-18-8/h3-6H,2H2,1H3,(H,13,17). The van der Waals surface area contributed by atoms with Crippen molar-refractivity contribution in [2.75, 3.05) is 5.32 Å². The number of amides is 1. The van der Waals surface area contributed by atoms with Gasteiger partial charge in [-0.25, -0.2) is 0 Å². The molecular weight excluding hydrogens is 274 g/mol. The summed E-state index contributed by atoms with van der Waals surface area (Å²) in [6.07, 6.45) is 1.60. The summed E-state index contributed by atoms with van der Waals surface area (Å²) in [7, 11) is 0. The molecule has 0 bridgehead atoms. The number of hydrogen-bond donors (Lipinski definition) is 1. The van der Waals surface area contributed by atoms with Crippen LogP contribution in [-0.2, 0) is 6.54 Å². The van der Waals surface area contributed by atoms with Crippen LogP contribution >= 0.6 is 23.1 Å². The fourth-order valence-corrected chi connectivity index (χ4v) is 2.22. The monoisotopic (exact) mass is 283 g/mol. The fourth-order valence-electron chi connectivity index (χ4n) is 1.41. The molecule has 7 heteroatoms. The van der Waals surface area contributed by atoms with Crippen molar-refractivity contribution in [2.45, 2.75) is 13.5 Å². The van der Waals surface area contributed by atoms with Crippen LogP contribution in [0.25, 0.3) is 0 Å². The SMILES string of the molecule is CCn1cc(NC(=O)c2cc(Cl)ns2)ccc1=O. The second-order valence-electron chi connectivity index (χ2n) is 3.51. The molecule has 0 aliphatic rings. The van der Waals surface area contributed by atoms with E-state index >= 15 is 0 Å². The van der Waals surface area contributed by atoms with E-state index in [-0.39, 0.29) is 11.5 Å². The fraction of sp³-hybridized carbons (Fsp3) is 0.182. The Morgan fingerprint density at radius 1 is 1.56 bits per heavy atom. The van der Waals surface area contributed by atoms with Crippen LogP contribution in [-0.4, -0.2) is 14.8 Å². The summed E-state index contributed by atoms with van der Waals surface area (Å²) in [5.74, 6) is -0.291. The summed E-state index contributed by atoms with van der Waals surface area (Å²) in [6, 6.07) is 4.48. The van der Waals surface area contributed by atoms with Gasteiger partial charge in [0.25, 0.3) is 11.5 Å². The van der Waals surface area contributed by atoms with Gasteiger partial charge in [0.15, 0.2) is 0 Å². The van der Waals surface area contributed by atoms with Crippen molar-refractivity contribution in [1.82, 2.24) is 8.94 Å². The van der Waals surface area contributed by atoms with E-state index in [4.69, 9.17) is 11.6 Å². The first-order valence-corrected chi connectivity index (χ1v) is 6.39. The van der Waals surface area contributed by atoms with E-state index in [1.807, 2.05) is 6.92 Å². The third-order valence-electron chi connectivity index (χ3n) is 2.29. The molecule has 5 nitrogen and oxygen atoms in total. The average Bonchev–Trinajstić information content (AvgIpc) is 2.78. The Bertz CT molecular complexity index is 635. The van der Waals surface area contributed by atoms with Crippen LogP contribution in [0.4, 0.5) is 5.69 Å². The third-order valence-corrected chi connectivity index (χ3v) is 3.37. The topological polar surface area (TPSA) is 64.0 Å². The lowest BCUT2D eigenvalue weighted by Gasteiger charge is -2.06. The number of nitrogens with zero attached hydrogens (tertiary/aromatic N) is 2. The van der Waals surface area contributed by atoms with Crippen molar-refractivity contribution in [3.05, 3.63) is 44.8 Å². The number of anilines is 1.